The maximum Gasteiger partial charge on any atom is 0.230 e. The lowest BCUT2D eigenvalue weighted by molar-refractivity contribution is -0.146. The molecular weight excluding hydrogens is 347 g/mol. The summed E-state index contributed by atoms with van der Waals surface area (Å²) in [7, 11) is 0. The van der Waals surface area contributed by atoms with E-state index in [1.165, 1.54) is 24.8 Å². The zero-order valence-electron chi connectivity index (χ0n) is 14.0. The highest BCUT2D eigenvalue weighted by Crippen LogP contribution is 2.45. The van der Waals surface area contributed by atoms with E-state index in [4.69, 9.17) is 0 Å². The summed E-state index contributed by atoms with van der Waals surface area (Å²) in [6, 6.07) is 0. The molecule has 0 bridgehead atoms. The molecule has 0 aromatic carbocycles. The molecule has 1 saturated carbocycles. The maximum absolute atomic E-state index is 13.2. The first-order valence-corrected chi connectivity index (χ1v) is 8.78. The summed E-state index contributed by atoms with van der Waals surface area (Å²) < 4.78 is 0. The van der Waals surface area contributed by atoms with E-state index in [9.17, 15) is 4.79 Å². The average Bonchev–Trinajstić information content (AvgIpc) is 3.24. The van der Waals surface area contributed by atoms with Crippen LogP contribution in [0.5, 0.6) is 0 Å². The maximum atomic E-state index is 13.2. The van der Waals surface area contributed by atoms with Gasteiger partial charge in [-0.15, -0.1) is 24.8 Å². The molecule has 1 amide bonds. The third-order valence-electron chi connectivity index (χ3n) is 6.24. The summed E-state index contributed by atoms with van der Waals surface area (Å²) in [5.74, 6) is 1.57. The van der Waals surface area contributed by atoms with E-state index >= 15 is 0 Å². The van der Waals surface area contributed by atoms with Crippen molar-refractivity contribution in [2.24, 2.45) is 11.3 Å². The van der Waals surface area contributed by atoms with Crippen LogP contribution >= 0.6 is 24.8 Å². The minimum atomic E-state index is -0.0826. The standard InChI is InChI=1S/C17H26N4O.2ClH/c22-16(17-6-2-1-3-15(17)11-18-12-17)21-7-4-13(5-8-21)14-9-19-20-10-14;;/h9-10,13,15,18H,1-8,11-12H2,(H,19,20);2*1H/t15-,17+;;/m0../s1. The number of amides is 1. The summed E-state index contributed by atoms with van der Waals surface area (Å²) in [5.41, 5.74) is 1.21. The predicted octanol–water partition coefficient (Wildman–Crippen LogP) is 2.74. The van der Waals surface area contributed by atoms with Crippen molar-refractivity contribution in [2.75, 3.05) is 26.2 Å². The Balaban J connectivity index is 0.00000104. The normalized spacial score (nSPS) is 30.2. The molecule has 0 unspecified atom stereocenters. The molecule has 2 atom stereocenters. The molecule has 5 nitrogen and oxygen atoms in total. The second kappa shape index (κ2) is 8.07. The van der Waals surface area contributed by atoms with Crippen LogP contribution in [-0.4, -0.2) is 47.2 Å². The first kappa shape index (κ1) is 19.5. The molecule has 2 N–H and O–H groups in total. The van der Waals surface area contributed by atoms with Gasteiger partial charge in [0.25, 0.3) is 0 Å². The molecule has 7 heteroatoms. The molecule has 1 aromatic heterocycles. The largest absolute Gasteiger partial charge is 0.342 e. The lowest BCUT2D eigenvalue weighted by atomic mass is 9.67. The van der Waals surface area contributed by atoms with Crippen LogP contribution in [0.2, 0.25) is 0 Å². The predicted molar refractivity (Wildman–Crippen MR) is 98.9 cm³/mol. The monoisotopic (exact) mass is 374 g/mol. The highest BCUT2D eigenvalue weighted by molar-refractivity contribution is 5.85. The van der Waals surface area contributed by atoms with Crippen LogP contribution in [0, 0.1) is 11.3 Å². The van der Waals surface area contributed by atoms with E-state index in [0.29, 0.717) is 17.7 Å². The smallest absolute Gasteiger partial charge is 0.230 e. The van der Waals surface area contributed by atoms with Crippen molar-refractivity contribution in [1.29, 1.82) is 0 Å². The number of hydrogen-bond acceptors (Lipinski definition) is 3. The Hall–Kier alpha value is -0.780. The van der Waals surface area contributed by atoms with Crippen LogP contribution in [0.15, 0.2) is 12.4 Å². The number of aromatic amines is 1. The zero-order chi connectivity index (χ0) is 15.0. The number of halogens is 2. The van der Waals surface area contributed by atoms with Crippen molar-refractivity contribution in [3.63, 3.8) is 0 Å². The van der Waals surface area contributed by atoms with Crippen molar-refractivity contribution in [3.05, 3.63) is 18.0 Å². The van der Waals surface area contributed by atoms with E-state index < -0.39 is 0 Å². The fourth-order valence-electron chi connectivity index (χ4n) is 4.88. The number of carbonyl (C=O) groups is 1. The lowest BCUT2D eigenvalue weighted by Crippen LogP contribution is -2.51. The molecule has 3 heterocycles. The topological polar surface area (TPSA) is 61.0 Å². The molecule has 0 spiro atoms. The second-order valence-electron chi connectivity index (χ2n) is 7.33. The van der Waals surface area contributed by atoms with E-state index in [1.54, 1.807) is 0 Å². The van der Waals surface area contributed by atoms with Crippen LogP contribution < -0.4 is 5.32 Å². The summed E-state index contributed by atoms with van der Waals surface area (Å²) in [6.07, 6.45) is 10.9. The minimum absolute atomic E-state index is 0. The fraction of sp³-hybridized carbons (Fsp3) is 0.765. The van der Waals surface area contributed by atoms with Gasteiger partial charge in [0.05, 0.1) is 11.6 Å². The number of hydrogen-bond donors (Lipinski definition) is 2. The highest BCUT2D eigenvalue weighted by Gasteiger charge is 2.51. The van der Waals surface area contributed by atoms with Crippen LogP contribution in [0.25, 0.3) is 0 Å². The van der Waals surface area contributed by atoms with E-state index in [0.717, 1.165) is 45.4 Å². The van der Waals surface area contributed by atoms with Gasteiger partial charge in [0.2, 0.25) is 5.91 Å². The quantitative estimate of drug-likeness (QED) is 0.836. The molecule has 1 aliphatic carbocycles. The van der Waals surface area contributed by atoms with Crippen LogP contribution in [0.1, 0.15) is 50.0 Å². The molecule has 2 aliphatic heterocycles. The van der Waals surface area contributed by atoms with Crippen molar-refractivity contribution < 1.29 is 4.79 Å². The van der Waals surface area contributed by atoms with Gasteiger partial charge in [0, 0.05) is 25.8 Å². The van der Waals surface area contributed by atoms with Gasteiger partial charge in [-0.3, -0.25) is 9.89 Å². The Bertz CT molecular complexity index is 531. The number of nitrogens with zero attached hydrogens (tertiary/aromatic N) is 2. The molecule has 3 fully saturated rings. The Labute approximate surface area is 156 Å². The molecule has 136 valence electrons. The minimum Gasteiger partial charge on any atom is -0.342 e. The average molecular weight is 375 g/mol. The number of H-pyrrole nitrogens is 1. The number of piperidine rings is 1. The number of rotatable bonds is 2. The number of nitrogens with one attached hydrogen (secondary N) is 2. The zero-order valence-corrected chi connectivity index (χ0v) is 15.6. The second-order valence-corrected chi connectivity index (χ2v) is 7.33. The number of aromatic nitrogens is 2. The van der Waals surface area contributed by atoms with E-state index in [1.807, 2.05) is 12.4 Å². The summed E-state index contributed by atoms with van der Waals surface area (Å²) >= 11 is 0. The number of carbonyl (C=O) groups excluding carboxylic acids is 1. The van der Waals surface area contributed by atoms with Crippen LogP contribution in [0.3, 0.4) is 0 Å². The first-order chi connectivity index (χ1) is 10.8. The van der Waals surface area contributed by atoms with E-state index in [2.05, 4.69) is 20.4 Å². The van der Waals surface area contributed by atoms with Crippen molar-refractivity contribution >= 4 is 30.7 Å². The number of likely N-dealkylation sites (tertiary alicyclic amines) is 1. The van der Waals surface area contributed by atoms with Gasteiger partial charge in [0.15, 0.2) is 0 Å². The Morgan fingerprint density at radius 1 is 1.21 bits per heavy atom. The van der Waals surface area contributed by atoms with Gasteiger partial charge >= 0.3 is 0 Å². The highest BCUT2D eigenvalue weighted by atomic mass is 35.5. The molecule has 3 aliphatic rings. The Morgan fingerprint density at radius 3 is 2.71 bits per heavy atom. The molecule has 0 radical (unpaired) electrons. The molecule has 4 rings (SSSR count). The summed E-state index contributed by atoms with van der Waals surface area (Å²) in [5, 5.41) is 10.5. The third kappa shape index (κ3) is 3.31. The Kier molecular flexibility index (Phi) is 6.57. The van der Waals surface area contributed by atoms with Gasteiger partial charge in [-0.25, -0.2) is 0 Å². The summed E-state index contributed by atoms with van der Waals surface area (Å²) in [4.78, 5) is 15.4. The van der Waals surface area contributed by atoms with Crippen LogP contribution in [0.4, 0.5) is 0 Å². The van der Waals surface area contributed by atoms with Crippen molar-refractivity contribution in [3.8, 4) is 0 Å². The Morgan fingerprint density at radius 2 is 2.00 bits per heavy atom. The van der Waals surface area contributed by atoms with Gasteiger partial charge < -0.3 is 10.2 Å². The van der Waals surface area contributed by atoms with Crippen molar-refractivity contribution in [2.45, 2.75) is 44.4 Å². The van der Waals surface area contributed by atoms with E-state index in [-0.39, 0.29) is 30.2 Å². The lowest BCUT2D eigenvalue weighted by Gasteiger charge is -2.43. The molecule has 1 aromatic rings. The van der Waals surface area contributed by atoms with Crippen molar-refractivity contribution in [1.82, 2.24) is 20.4 Å². The van der Waals surface area contributed by atoms with Gasteiger partial charge in [0.1, 0.15) is 0 Å². The van der Waals surface area contributed by atoms with Gasteiger partial charge in [-0.2, -0.15) is 5.10 Å². The number of fused-ring (bicyclic) bond motifs is 1. The van der Waals surface area contributed by atoms with Crippen LogP contribution in [-0.2, 0) is 4.79 Å². The third-order valence-corrected chi connectivity index (χ3v) is 6.24. The molecular formula is C17H28Cl2N4O. The first-order valence-electron chi connectivity index (χ1n) is 8.78. The molecule has 24 heavy (non-hydrogen) atoms. The van der Waals surface area contributed by atoms with Gasteiger partial charge in [-0.05, 0) is 49.6 Å². The summed E-state index contributed by atoms with van der Waals surface area (Å²) in [6.45, 7) is 3.75. The van der Waals surface area contributed by atoms with Gasteiger partial charge in [-0.1, -0.05) is 12.8 Å². The molecule has 2 saturated heterocycles. The fourth-order valence-corrected chi connectivity index (χ4v) is 4.88. The SMILES string of the molecule is Cl.Cl.O=C(N1CCC(c2cn[nH]c2)CC1)[C@@]12CCCC[C@H]1CNC2.